The number of nitrogens with zero attached hydrogens (tertiary/aromatic N) is 1. The second kappa shape index (κ2) is 6.78. The molecule has 1 aliphatic carbocycles. The van der Waals surface area contributed by atoms with Crippen molar-refractivity contribution in [2.24, 2.45) is 0 Å². The SMILES string of the molecule is CCOc1ccccc1NC(=O)Nc1nc2c(s1)C(=O)CCC2. The van der Waals surface area contributed by atoms with E-state index in [9.17, 15) is 9.59 Å². The number of aryl methyl sites for hydroxylation is 1. The van der Waals surface area contributed by atoms with Crippen LogP contribution in [0.5, 0.6) is 5.75 Å². The quantitative estimate of drug-likeness (QED) is 0.895. The molecule has 1 heterocycles. The Hall–Kier alpha value is -2.41. The van der Waals surface area contributed by atoms with Gasteiger partial charge in [0.1, 0.15) is 5.75 Å². The van der Waals surface area contributed by atoms with Gasteiger partial charge in [-0.05, 0) is 31.9 Å². The monoisotopic (exact) mass is 331 g/mol. The highest BCUT2D eigenvalue weighted by molar-refractivity contribution is 7.17. The van der Waals surface area contributed by atoms with Crippen LogP contribution in [-0.4, -0.2) is 23.4 Å². The van der Waals surface area contributed by atoms with Crippen LogP contribution in [0.15, 0.2) is 24.3 Å². The molecular formula is C16H17N3O3S. The Morgan fingerprint density at radius 3 is 2.91 bits per heavy atom. The van der Waals surface area contributed by atoms with Gasteiger partial charge < -0.3 is 10.1 Å². The Bertz CT molecular complexity index is 742. The van der Waals surface area contributed by atoms with Gasteiger partial charge in [0.15, 0.2) is 10.9 Å². The van der Waals surface area contributed by atoms with E-state index in [0.29, 0.717) is 34.5 Å². The third kappa shape index (κ3) is 3.50. The van der Waals surface area contributed by atoms with Crippen molar-refractivity contribution >= 4 is 34.0 Å². The number of ether oxygens (including phenoxy) is 1. The molecule has 1 aromatic carbocycles. The number of ketones is 1. The van der Waals surface area contributed by atoms with Gasteiger partial charge in [0.2, 0.25) is 0 Å². The van der Waals surface area contributed by atoms with Crippen LogP contribution in [0.4, 0.5) is 15.6 Å². The van der Waals surface area contributed by atoms with Gasteiger partial charge in [0, 0.05) is 6.42 Å². The molecule has 7 heteroatoms. The predicted molar refractivity (Wildman–Crippen MR) is 89.6 cm³/mol. The number of aromatic nitrogens is 1. The number of carbonyl (C=O) groups excluding carboxylic acids is 2. The van der Waals surface area contributed by atoms with Crippen LogP contribution in [0.2, 0.25) is 0 Å². The maximum Gasteiger partial charge on any atom is 0.325 e. The molecule has 6 nitrogen and oxygen atoms in total. The molecule has 2 amide bonds. The number of fused-ring (bicyclic) bond motifs is 1. The van der Waals surface area contributed by atoms with Crippen LogP contribution in [-0.2, 0) is 6.42 Å². The molecule has 0 atom stereocenters. The molecular weight excluding hydrogens is 314 g/mol. The number of urea groups is 1. The maximum atomic E-state index is 12.1. The van der Waals surface area contributed by atoms with E-state index in [1.807, 2.05) is 19.1 Å². The first-order valence-electron chi connectivity index (χ1n) is 7.50. The minimum absolute atomic E-state index is 0.110. The number of Topliss-reactive ketones (excluding diaryl/α,β-unsaturated/α-hetero) is 1. The van der Waals surface area contributed by atoms with Gasteiger partial charge >= 0.3 is 6.03 Å². The van der Waals surface area contributed by atoms with Crippen molar-refractivity contribution in [2.75, 3.05) is 17.2 Å². The molecule has 1 aromatic heterocycles. The van der Waals surface area contributed by atoms with Gasteiger partial charge in [-0.3, -0.25) is 10.1 Å². The van der Waals surface area contributed by atoms with Crippen molar-refractivity contribution in [3.05, 3.63) is 34.8 Å². The first-order chi connectivity index (χ1) is 11.2. The summed E-state index contributed by atoms with van der Waals surface area (Å²) in [6.45, 7) is 2.40. The van der Waals surface area contributed by atoms with Crippen molar-refractivity contribution in [1.29, 1.82) is 0 Å². The fraction of sp³-hybridized carbons (Fsp3) is 0.312. The molecule has 0 saturated heterocycles. The van der Waals surface area contributed by atoms with Crippen LogP contribution < -0.4 is 15.4 Å². The van der Waals surface area contributed by atoms with Gasteiger partial charge in [0.25, 0.3) is 0 Å². The average molecular weight is 331 g/mol. The van der Waals surface area contributed by atoms with Crippen LogP contribution in [0.1, 0.15) is 35.1 Å². The largest absolute Gasteiger partial charge is 0.492 e. The lowest BCUT2D eigenvalue weighted by atomic mass is 10.0. The number of rotatable bonds is 4. The van der Waals surface area contributed by atoms with Crippen LogP contribution in [0, 0.1) is 0 Å². The topological polar surface area (TPSA) is 80.3 Å². The molecule has 3 rings (SSSR count). The molecule has 120 valence electrons. The second-order valence-electron chi connectivity index (χ2n) is 5.08. The van der Waals surface area contributed by atoms with Crippen molar-refractivity contribution in [3.8, 4) is 5.75 Å². The summed E-state index contributed by atoms with van der Waals surface area (Å²) in [6, 6.07) is 6.81. The lowest BCUT2D eigenvalue weighted by molar-refractivity contribution is 0.0976. The molecule has 2 N–H and O–H groups in total. The Kier molecular flexibility index (Phi) is 4.57. The molecule has 0 aliphatic heterocycles. The van der Waals surface area contributed by atoms with Crippen LogP contribution in [0.25, 0.3) is 0 Å². The zero-order chi connectivity index (χ0) is 16.2. The van der Waals surface area contributed by atoms with E-state index in [2.05, 4.69) is 15.6 Å². The minimum Gasteiger partial charge on any atom is -0.492 e. The van der Waals surface area contributed by atoms with Crippen molar-refractivity contribution < 1.29 is 14.3 Å². The number of nitrogens with one attached hydrogen (secondary N) is 2. The van der Waals surface area contributed by atoms with Crippen LogP contribution >= 0.6 is 11.3 Å². The standard InChI is InChI=1S/C16H17N3O3S/c1-2-22-13-9-4-3-6-10(13)17-15(21)19-16-18-11-7-5-8-12(20)14(11)23-16/h3-4,6,9H,2,5,7-8H2,1H3,(H2,17,18,19,21). The van der Waals surface area contributed by atoms with Gasteiger partial charge in [0.05, 0.1) is 22.9 Å². The Labute approximate surface area is 137 Å². The Morgan fingerprint density at radius 2 is 2.13 bits per heavy atom. The molecule has 0 bridgehead atoms. The second-order valence-corrected chi connectivity index (χ2v) is 6.08. The van der Waals surface area contributed by atoms with E-state index in [1.165, 1.54) is 11.3 Å². The van der Waals surface area contributed by atoms with Gasteiger partial charge in [-0.2, -0.15) is 0 Å². The molecule has 1 aliphatic rings. The summed E-state index contributed by atoms with van der Waals surface area (Å²) >= 11 is 1.23. The smallest absolute Gasteiger partial charge is 0.325 e. The summed E-state index contributed by atoms with van der Waals surface area (Å²) in [6.07, 6.45) is 2.17. The number of amides is 2. The molecule has 0 saturated carbocycles. The normalized spacial score (nSPS) is 13.3. The van der Waals surface area contributed by atoms with Crippen molar-refractivity contribution in [2.45, 2.75) is 26.2 Å². The average Bonchev–Trinajstić information content (AvgIpc) is 2.93. The van der Waals surface area contributed by atoms with E-state index >= 15 is 0 Å². The van der Waals surface area contributed by atoms with Gasteiger partial charge in [-0.15, -0.1) is 0 Å². The number of hydrogen-bond acceptors (Lipinski definition) is 5. The van der Waals surface area contributed by atoms with Gasteiger partial charge in [-0.25, -0.2) is 9.78 Å². The van der Waals surface area contributed by atoms with Crippen LogP contribution in [0.3, 0.4) is 0 Å². The number of anilines is 2. The van der Waals surface area contributed by atoms with E-state index in [0.717, 1.165) is 18.5 Å². The fourth-order valence-electron chi connectivity index (χ4n) is 2.42. The fourth-order valence-corrected chi connectivity index (χ4v) is 3.40. The first-order valence-corrected chi connectivity index (χ1v) is 8.31. The summed E-state index contributed by atoms with van der Waals surface area (Å²) < 4.78 is 5.47. The maximum absolute atomic E-state index is 12.1. The van der Waals surface area contributed by atoms with E-state index in [1.54, 1.807) is 12.1 Å². The number of carbonyl (C=O) groups is 2. The van der Waals surface area contributed by atoms with Gasteiger partial charge in [-0.1, -0.05) is 23.5 Å². The van der Waals surface area contributed by atoms with E-state index in [-0.39, 0.29) is 5.78 Å². The molecule has 0 spiro atoms. The summed E-state index contributed by atoms with van der Waals surface area (Å²) in [5.41, 5.74) is 1.38. The lowest BCUT2D eigenvalue weighted by Crippen LogP contribution is -2.19. The molecule has 2 aromatic rings. The third-order valence-electron chi connectivity index (χ3n) is 3.42. The number of benzene rings is 1. The van der Waals surface area contributed by atoms with E-state index < -0.39 is 6.03 Å². The summed E-state index contributed by atoms with van der Waals surface area (Å²) in [4.78, 5) is 29.0. The first kappa shape index (κ1) is 15.5. The lowest BCUT2D eigenvalue weighted by Gasteiger charge is -2.11. The zero-order valence-electron chi connectivity index (χ0n) is 12.7. The highest BCUT2D eigenvalue weighted by atomic mass is 32.1. The number of thiazole rings is 1. The Balaban J connectivity index is 1.69. The van der Waals surface area contributed by atoms with Crippen molar-refractivity contribution in [1.82, 2.24) is 4.98 Å². The van der Waals surface area contributed by atoms with E-state index in [4.69, 9.17) is 4.74 Å². The summed E-state index contributed by atoms with van der Waals surface area (Å²) in [5.74, 6) is 0.720. The Morgan fingerprint density at radius 1 is 1.30 bits per heavy atom. The highest BCUT2D eigenvalue weighted by Crippen LogP contribution is 2.30. The molecule has 0 unspecified atom stereocenters. The molecule has 0 radical (unpaired) electrons. The zero-order valence-corrected chi connectivity index (χ0v) is 13.5. The number of para-hydroxylation sites is 2. The minimum atomic E-state index is -0.407. The highest BCUT2D eigenvalue weighted by Gasteiger charge is 2.22. The predicted octanol–water partition coefficient (Wildman–Crippen LogP) is 3.70. The van der Waals surface area contributed by atoms with Crippen molar-refractivity contribution in [3.63, 3.8) is 0 Å². The molecule has 0 fully saturated rings. The third-order valence-corrected chi connectivity index (χ3v) is 4.48. The number of hydrogen-bond donors (Lipinski definition) is 2. The summed E-state index contributed by atoms with van der Waals surface area (Å²) in [7, 11) is 0. The summed E-state index contributed by atoms with van der Waals surface area (Å²) in [5, 5.41) is 5.87. The molecule has 23 heavy (non-hydrogen) atoms.